The van der Waals surface area contributed by atoms with Gasteiger partial charge in [0, 0.05) is 10.7 Å². The van der Waals surface area contributed by atoms with Crippen LogP contribution in [0.25, 0.3) is 10.1 Å². The minimum atomic E-state index is 0.327. The molecule has 0 radical (unpaired) electrons. The van der Waals surface area contributed by atoms with Gasteiger partial charge in [0.25, 0.3) is 0 Å². The Morgan fingerprint density at radius 3 is 3.00 bits per heavy atom. The molecule has 0 bridgehead atoms. The van der Waals surface area contributed by atoms with E-state index in [0.29, 0.717) is 6.04 Å². The Morgan fingerprint density at radius 2 is 2.21 bits per heavy atom. The van der Waals surface area contributed by atoms with Gasteiger partial charge in [0.15, 0.2) is 0 Å². The van der Waals surface area contributed by atoms with E-state index < -0.39 is 0 Å². The van der Waals surface area contributed by atoms with Crippen LogP contribution < -0.4 is 11.3 Å². The van der Waals surface area contributed by atoms with Crippen LogP contribution in [0.3, 0.4) is 0 Å². The number of nitrogens with one attached hydrogen (secondary N) is 1. The molecule has 2 aromatic rings. The van der Waals surface area contributed by atoms with E-state index in [-0.39, 0.29) is 0 Å². The lowest BCUT2D eigenvalue weighted by molar-refractivity contribution is 0.570. The van der Waals surface area contributed by atoms with Gasteiger partial charge in [-0.1, -0.05) is 18.2 Å². The first-order valence-electron chi connectivity index (χ1n) is 4.72. The molecule has 0 saturated carbocycles. The van der Waals surface area contributed by atoms with Crippen molar-refractivity contribution >= 4 is 21.4 Å². The first-order valence-corrected chi connectivity index (χ1v) is 5.60. The average Bonchev–Trinajstić information content (AvgIpc) is 2.62. The summed E-state index contributed by atoms with van der Waals surface area (Å²) in [5.41, 5.74) is 4.16. The molecule has 0 aliphatic rings. The Kier molecular flexibility index (Phi) is 2.82. The quantitative estimate of drug-likeness (QED) is 0.597. The Balaban J connectivity index is 2.33. The number of rotatable bonds is 3. The summed E-state index contributed by atoms with van der Waals surface area (Å²) in [7, 11) is 0. The van der Waals surface area contributed by atoms with Crippen LogP contribution in [0.5, 0.6) is 0 Å². The predicted molar refractivity (Wildman–Crippen MR) is 62.3 cm³/mol. The van der Waals surface area contributed by atoms with E-state index in [1.54, 1.807) is 11.3 Å². The molecular formula is C11H14N2S. The molecule has 1 aromatic carbocycles. The van der Waals surface area contributed by atoms with Crippen LogP contribution in [0.15, 0.2) is 29.6 Å². The van der Waals surface area contributed by atoms with E-state index in [2.05, 4.69) is 42.0 Å². The van der Waals surface area contributed by atoms with Crippen molar-refractivity contribution in [2.45, 2.75) is 19.4 Å². The predicted octanol–water partition coefficient (Wildman–Crippen LogP) is 2.30. The third-order valence-corrected chi connectivity index (χ3v) is 3.38. The zero-order valence-electron chi connectivity index (χ0n) is 8.16. The SMILES string of the molecule is CC(Cc1csc2ccccc12)NN. The summed E-state index contributed by atoms with van der Waals surface area (Å²) in [6.45, 7) is 2.09. The fourth-order valence-corrected chi connectivity index (χ4v) is 2.56. The molecule has 3 heteroatoms. The summed E-state index contributed by atoms with van der Waals surface area (Å²) in [6, 6.07) is 8.81. The largest absolute Gasteiger partial charge is 0.271 e. The Bertz CT molecular complexity index is 422. The van der Waals surface area contributed by atoms with E-state index in [1.165, 1.54) is 15.6 Å². The van der Waals surface area contributed by atoms with Gasteiger partial charge in [-0.25, -0.2) is 0 Å². The maximum atomic E-state index is 5.39. The lowest BCUT2D eigenvalue weighted by Crippen LogP contribution is -2.33. The molecule has 0 saturated heterocycles. The van der Waals surface area contributed by atoms with E-state index in [0.717, 1.165) is 6.42 Å². The highest BCUT2D eigenvalue weighted by molar-refractivity contribution is 7.17. The van der Waals surface area contributed by atoms with Gasteiger partial charge < -0.3 is 0 Å². The number of hydrazine groups is 1. The van der Waals surface area contributed by atoms with E-state index in [1.807, 2.05) is 0 Å². The molecule has 2 nitrogen and oxygen atoms in total. The lowest BCUT2D eigenvalue weighted by atomic mass is 10.1. The number of hydrogen-bond acceptors (Lipinski definition) is 3. The van der Waals surface area contributed by atoms with Crippen molar-refractivity contribution in [2.24, 2.45) is 5.84 Å². The second-order valence-electron chi connectivity index (χ2n) is 3.53. The molecule has 0 fully saturated rings. The molecular weight excluding hydrogens is 192 g/mol. The van der Waals surface area contributed by atoms with Gasteiger partial charge in [0.2, 0.25) is 0 Å². The Labute approximate surface area is 87.7 Å². The number of nitrogens with two attached hydrogens (primary N) is 1. The minimum absolute atomic E-state index is 0.327. The van der Waals surface area contributed by atoms with E-state index in [9.17, 15) is 0 Å². The number of fused-ring (bicyclic) bond motifs is 1. The number of thiophene rings is 1. The minimum Gasteiger partial charge on any atom is -0.271 e. The molecule has 0 amide bonds. The van der Waals surface area contributed by atoms with Crippen LogP contribution in [-0.2, 0) is 6.42 Å². The summed E-state index contributed by atoms with van der Waals surface area (Å²) in [5.74, 6) is 5.39. The van der Waals surface area contributed by atoms with Crippen molar-refractivity contribution in [1.29, 1.82) is 0 Å². The molecule has 2 rings (SSSR count). The third-order valence-electron chi connectivity index (χ3n) is 2.37. The number of hydrogen-bond donors (Lipinski definition) is 2. The molecule has 1 aromatic heterocycles. The maximum absolute atomic E-state index is 5.39. The van der Waals surface area contributed by atoms with Gasteiger partial charge in [0.05, 0.1) is 0 Å². The second kappa shape index (κ2) is 4.09. The van der Waals surface area contributed by atoms with Crippen molar-refractivity contribution in [3.8, 4) is 0 Å². The van der Waals surface area contributed by atoms with E-state index >= 15 is 0 Å². The highest BCUT2D eigenvalue weighted by Gasteiger charge is 2.06. The topological polar surface area (TPSA) is 38.0 Å². The van der Waals surface area contributed by atoms with Gasteiger partial charge in [-0.15, -0.1) is 11.3 Å². The Morgan fingerprint density at radius 1 is 1.43 bits per heavy atom. The summed E-state index contributed by atoms with van der Waals surface area (Å²) in [5, 5.41) is 3.58. The first-order chi connectivity index (χ1) is 6.81. The molecule has 74 valence electrons. The maximum Gasteiger partial charge on any atom is 0.0345 e. The summed E-state index contributed by atoms with van der Waals surface area (Å²) < 4.78 is 1.35. The monoisotopic (exact) mass is 206 g/mol. The molecule has 1 atom stereocenters. The first kappa shape index (κ1) is 9.65. The second-order valence-corrected chi connectivity index (χ2v) is 4.44. The van der Waals surface area contributed by atoms with Crippen LogP contribution in [0.1, 0.15) is 12.5 Å². The lowest BCUT2D eigenvalue weighted by Gasteiger charge is -2.08. The van der Waals surface area contributed by atoms with Gasteiger partial charge in [-0.05, 0) is 35.7 Å². The third kappa shape index (κ3) is 1.80. The van der Waals surface area contributed by atoms with Gasteiger partial charge in [0.1, 0.15) is 0 Å². The molecule has 0 spiro atoms. The smallest absolute Gasteiger partial charge is 0.0345 e. The van der Waals surface area contributed by atoms with Crippen LogP contribution in [0.2, 0.25) is 0 Å². The highest BCUT2D eigenvalue weighted by Crippen LogP contribution is 2.26. The van der Waals surface area contributed by atoms with Gasteiger partial charge in [-0.2, -0.15) is 0 Å². The van der Waals surface area contributed by atoms with Crippen molar-refractivity contribution in [1.82, 2.24) is 5.43 Å². The molecule has 3 N–H and O–H groups in total. The molecule has 1 heterocycles. The Hall–Kier alpha value is -0.900. The zero-order chi connectivity index (χ0) is 9.97. The molecule has 0 aliphatic carbocycles. The standard InChI is InChI=1S/C11H14N2S/c1-8(13-12)6-9-7-14-11-5-3-2-4-10(9)11/h2-5,7-8,13H,6,12H2,1H3. The fraction of sp³-hybridized carbons (Fsp3) is 0.273. The highest BCUT2D eigenvalue weighted by atomic mass is 32.1. The average molecular weight is 206 g/mol. The van der Waals surface area contributed by atoms with Crippen LogP contribution >= 0.6 is 11.3 Å². The van der Waals surface area contributed by atoms with Crippen LogP contribution in [0, 0.1) is 0 Å². The van der Waals surface area contributed by atoms with Gasteiger partial charge in [-0.3, -0.25) is 11.3 Å². The summed E-state index contributed by atoms with van der Waals surface area (Å²) >= 11 is 1.80. The molecule has 1 unspecified atom stereocenters. The van der Waals surface area contributed by atoms with Crippen LogP contribution in [0.4, 0.5) is 0 Å². The number of benzene rings is 1. The normalized spacial score (nSPS) is 13.3. The van der Waals surface area contributed by atoms with Crippen molar-refractivity contribution < 1.29 is 0 Å². The van der Waals surface area contributed by atoms with Crippen molar-refractivity contribution in [2.75, 3.05) is 0 Å². The fourth-order valence-electron chi connectivity index (χ4n) is 1.58. The zero-order valence-corrected chi connectivity index (χ0v) is 8.97. The van der Waals surface area contributed by atoms with Crippen molar-refractivity contribution in [3.63, 3.8) is 0 Å². The summed E-state index contributed by atoms with van der Waals surface area (Å²) in [4.78, 5) is 0. The van der Waals surface area contributed by atoms with E-state index in [4.69, 9.17) is 5.84 Å². The van der Waals surface area contributed by atoms with Gasteiger partial charge >= 0.3 is 0 Å². The molecule has 14 heavy (non-hydrogen) atoms. The molecule has 0 aliphatic heterocycles. The summed E-state index contributed by atoms with van der Waals surface area (Å²) in [6.07, 6.45) is 0.987. The van der Waals surface area contributed by atoms with Crippen molar-refractivity contribution in [3.05, 3.63) is 35.2 Å². The van der Waals surface area contributed by atoms with Crippen LogP contribution in [-0.4, -0.2) is 6.04 Å².